The van der Waals surface area contributed by atoms with Crippen LogP contribution in [0.1, 0.15) is 41.2 Å². The van der Waals surface area contributed by atoms with Gasteiger partial charge in [0, 0.05) is 24.2 Å². The number of hydrogen-bond donors (Lipinski definition) is 2. The van der Waals surface area contributed by atoms with Crippen LogP contribution in [0, 0.1) is 0 Å². The van der Waals surface area contributed by atoms with Crippen LogP contribution in [-0.4, -0.2) is 36.6 Å². The van der Waals surface area contributed by atoms with Gasteiger partial charge in [0.15, 0.2) is 11.5 Å². The standard InChI is InChI=1S/C21H23N3O4/c22-21(26)23-16-5-1-4-15(12-16)20(25)24-9-2-6-17(24)14-7-8-18-19(13-14)28-11-3-10-27-18/h1,4-5,7-8,12-13,17H,2-3,6,9-11H2,(H3,22,23,26)/t17-/m0/s1. The van der Waals surface area contributed by atoms with E-state index in [1.807, 2.05) is 23.1 Å². The highest BCUT2D eigenvalue weighted by atomic mass is 16.5. The van der Waals surface area contributed by atoms with Crippen molar-refractivity contribution in [3.8, 4) is 11.5 Å². The molecule has 0 aromatic heterocycles. The van der Waals surface area contributed by atoms with Gasteiger partial charge in [0.05, 0.1) is 19.3 Å². The Hall–Kier alpha value is -3.22. The summed E-state index contributed by atoms with van der Waals surface area (Å²) in [4.78, 5) is 26.1. The Morgan fingerprint density at radius 3 is 2.68 bits per heavy atom. The Labute approximate surface area is 163 Å². The molecule has 1 fully saturated rings. The number of nitrogens with two attached hydrogens (primary N) is 1. The summed E-state index contributed by atoms with van der Waals surface area (Å²) in [6, 6.07) is 12.1. The maximum Gasteiger partial charge on any atom is 0.316 e. The van der Waals surface area contributed by atoms with Gasteiger partial charge in [-0.25, -0.2) is 4.79 Å². The Morgan fingerprint density at radius 1 is 1.04 bits per heavy atom. The van der Waals surface area contributed by atoms with Crippen molar-refractivity contribution < 1.29 is 19.1 Å². The summed E-state index contributed by atoms with van der Waals surface area (Å²) in [6.07, 6.45) is 2.68. The van der Waals surface area contributed by atoms with E-state index in [1.165, 1.54) is 0 Å². The molecule has 7 heteroatoms. The number of likely N-dealkylation sites (tertiary alicyclic amines) is 1. The first-order valence-electron chi connectivity index (χ1n) is 9.49. The second-order valence-electron chi connectivity index (χ2n) is 6.98. The molecule has 28 heavy (non-hydrogen) atoms. The molecular weight excluding hydrogens is 358 g/mol. The molecule has 0 aliphatic carbocycles. The first kappa shape index (κ1) is 18.2. The van der Waals surface area contributed by atoms with Crippen molar-refractivity contribution in [1.29, 1.82) is 0 Å². The molecule has 7 nitrogen and oxygen atoms in total. The summed E-state index contributed by atoms with van der Waals surface area (Å²) >= 11 is 0. The lowest BCUT2D eigenvalue weighted by Crippen LogP contribution is -2.30. The monoisotopic (exact) mass is 381 g/mol. The SMILES string of the molecule is NC(=O)Nc1cccc(C(=O)N2CCC[C@H]2c2ccc3c(c2)OCCCO3)c1. The van der Waals surface area contributed by atoms with Crippen LogP contribution >= 0.6 is 0 Å². The van der Waals surface area contributed by atoms with Gasteiger partial charge in [0.25, 0.3) is 5.91 Å². The first-order chi connectivity index (χ1) is 13.6. The molecule has 2 aromatic carbocycles. The van der Waals surface area contributed by atoms with Gasteiger partial charge in [-0.3, -0.25) is 4.79 Å². The molecule has 2 heterocycles. The maximum atomic E-state index is 13.1. The van der Waals surface area contributed by atoms with E-state index < -0.39 is 6.03 Å². The van der Waals surface area contributed by atoms with Gasteiger partial charge in [0.1, 0.15) is 0 Å². The minimum absolute atomic E-state index is 0.0163. The number of anilines is 1. The van der Waals surface area contributed by atoms with E-state index in [-0.39, 0.29) is 11.9 Å². The molecule has 146 valence electrons. The maximum absolute atomic E-state index is 13.1. The fourth-order valence-corrected chi connectivity index (χ4v) is 3.78. The molecule has 0 saturated carbocycles. The van der Waals surface area contributed by atoms with E-state index in [4.69, 9.17) is 15.2 Å². The van der Waals surface area contributed by atoms with Gasteiger partial charge in [-0.15, -0.1) is 0 Å². The summed E-state index contributed by atoms with van der Waals surface area (Å²) in [5.41, 5.74) is 7.24. The smallest absolute Gasteiger partial charge is 0.316 e. The van der Waals surface area contributed by atoms with Crippen LogP contribution in [0.2, 0.25) is 0 Å². The zero-order chi connectivity index (χ0) is 19.5. The van der Waals surface area contributed by atoms with E-state index >= 15 is 0 Å². The number of ether oxygens (including phenoxy) is 2. The molecule has 3 N–H and O–H groups in total. The van der Waals surface area contributed by atoms with Crippen molar-refractivity contribution in [3.63, 3.8) is 0 Å². The van der Waals surface area contributed by atoms with Crippen LogP contribution in [0.15, 0.2) is 42.5 Å². The largest absolute Gasteiger partial charge is 0.490 e. The number of rotatable bonds is 3. The van der Waals surface area contributed by atoms with Crippen LogP contribution in [0.3, 0.4) is 0 Å². The number of primary amides is 1. The predicted molar refractivity (Wildman–Crippen MR) is 105 cm³/mol. The normalized spacial score (nSPS) is 18.4. The van der Waals surface area contributed by atoms with E-state index in [9.17, 15) is 9.59 Å². The van der Waals surface area contributed by atoms with Crippen molar-refractivity contribution in [2.75, 3.05) is 25.1 Å². The van der Waals surface area contributed by atoms with Crippen molar-refractivity contribution >= 4 is 17.6 Å². The molecule has 0 radical (unpaired) electrons. The van der Waals surface area contributed by atoms with Crippen LogP contribution in [0.4, 0.5) is 10.5 Å². The Bertz CT molecular complexity index is 899. The van der Waals surface area contributed by atoms with Crippen molar-refractivity contribution in [1.82, 2.24) is 4.90 Å². The molecule has 3 amide bonds. The summed E-state index contributed by atoms with van der Waals surface area (Å²) in [7, 11) is 0. The fourth-order valence-electron chi connectivity index (χ4n) is 3.78. The lowest BCUT2D eigenvalue weighted by molar-refractivity contribution is 0.0735. The average Bonchev–Trinajstić information content (AvgIpc) is 3.05. The predicted octanol–water partition coefficient (Wildman–Crippen LogP) is 3.32. The fraction of sp³-hybridized carbons (Fsp3) is 0.333. The van der Waals surface area contributed by atoms with Crippen molar-refractivity contribution in [3.05, 3.63) is 53.6 Å². The zero-order valence-electron chi connectivity index (χ0n) is 15.5. The summed E-state index contributed by atoms with van der Waals surface area (Å²) in [5.74, 6) is 1.42. The number of nitrogens with one attached hydrogen (secondary N) is 1. The third kappa shape index (κ3) is 3.74. The quantitative estimate of drug-likeness (QED) is 0.853. The van der Waals surface area contributed by atoms with Crippen molar-refractivity contribution in [2.24, 2.45) is 5.73 Å². The van der Waals surface area contributed by atoms with Gasteiger partial charge in [0.2, 0.25) is 0 Å². The highest BCUT2D eigenvalue weighted by molar-refractivity contribution is 5.97. The van der Waals surface area contributed by atoms with Gasteiger partial charge in [-0.05, 0) is 48.7 Å². The second-order valence-corrected chi connectivity index (χ2v) is 6.98. The summed E-state index contributed by atoms with van der Waals surface area (Å²) < 4.78 is 11.5. The van der Waals surface area contributed by atoms with Crippen molar-refractivity contribution in [2.45, 2.75) is 25.3 Å². The number of amides is 3. The number of hydrogen-bond acceptors (Lipinski definition) is 4. The lowest BCUT2D eigenvalue weighted by Gasteiger charge is -2.26. The summed E-state index contributed by atoms with van der Waals surface area (Å²) in [5, 5.41) is 2.51. The molecule has 2 aliphatic rings. The third-order valence-electron chi connectivity index (χ3n) is 5.05. The van der Waals surface area contributed by atoms with Crippen LogP contribution in [-0.2, 0) is 0 Å². The number of urea groups is 1. The van der Waals surface area contributed by atoms with Gasteiger partial charge >= 0.3 is 6.03 Å². The average molecular weight is 381 g/mol. The van der Waals surface area contributed by atoms with E-state index in [1.54, 1.807) is 24.3 Å². The topological polar surface area (TPSA) is 93.9 Å². The molecule has 0 spiro atoms. The lowest BCUT2D eigenvalue weighted by atomic mass is 10.0. The van der Waals surface area contributed by atoms with Gasteiger partial charge in [-0.1, -0.05) is 12.1 Å². The van der Waals surface area contributed by atoms with Gasteiger partial charge in [-0.2, -0.15) is 0 Å². The first-order valence-corrected chi connectivity index (χ1v) is 9.49. The second kappa shape index (κ2) is 7.80. The molecular formula is C21H23N3O4. The minimum atomic E-state index is -0.657. The van der Waals surface area contributed by atoms with Crippen LogP contribution < -0.4 is 20.5 Å². The Morgan fingerprint density at radius 2 is 1.86 bits per heavy atom. The molecule has 1 saturated heterocycles. The summed E-state index contributed by atoms with van der Waals surface area (Å²) in [6.45, 7) is 1.96. The van der Waals surface area contributed by atoms with E-state index in [2.05, 4.69) is 5.32 Å². The molecule has 2 aliphatic heterocycles. The minimum Gasteiger partial charge on any atom is -0.490 e. The van der Waals surface area contributed by atoms with E-state index in [0.717, 1.165) is 36.3 Å². The molecule has 0 unspecified atom stereocenters. The number of fused-ring (bicyclic) bond motifs is 1. The molecule has 2 aromatic rings. The Kier molecular flexibility index (Phi) is 5.06. The molecule has 1 atom stereocenters. The highest BCUT2D eigenvalue weighted by Gasteiger charge is 2.31. The number of benzene rings is 2. The highest BCUT2D eigenvalue weighted by Crippen LogP contribution is 2.38. The number of carbonyl (C=O) groups is 2. The Balaban J connectivity index is 1.57. The third-order valence-corrected chi connectivity index (χ3v) is 5.05. The van der Waals surface area contributed by atoms with Crippen LogP contribution in [0.25, 0.3) is 0 Å². The molecule has 0 bridgehead atoms. The van der Waals surface area contributed by atoms with E-state index in [0.29, 0.717) is 31.0 Å². The van der Waals surface area contributed by atoms with Crippen LogP contribution in [0.5, 0.6) is 11.5 Å². The van der Waals surface area contributed by atoms with Gasteiger partial charge < -0.3 is 25.4 Å². The molecule has 4 rings (SSSR count). The zero-order valence-corrected chi connectivity index (χ0v) is 15.5. The number of carbonyl (C=O) groups excluding carboxylic acids is 2. The number of nitrogens with zero attached hydrogens (tertiary/aromatic N) is 1.